The molecule has 0 amide bonds. The summed E-state index contributed by atoms with van der Waals surface area (Å²) in [4.78, 5) is 24.9. The minimum atomic E-state index is -0.196. The van der Waals surface area contributed by atoms with Crippen molar-refractivity contribution >= 4 is 28.9 Å². The molecule has 1 aliphatic rings. The summed E-state index contributed by atoms with van der Waals surface area (Å²) in [6.07, 6.45) is 0. The van der Waals surface area contributed by atoms with Crippen LogP contribution < -0.4 is 5.32 Å². The standard InChI is InChI=1S/C15H10ClNO2/c1-17-8-5-6-9-11(7-8)14(18)10-3-2-4-12(16)13(10)15(9)19/h2-7,17H,1H3. The predicted octanol–water partition coefficient (Wildman–Crippen LogP) is 3.16. The first-order valence-electron chi connectivity index (χ1n) is 5.83. The minimum Gasteiger partial charge on any atom is -0.388 e. The Bertz CT molecular complexity index is 722. The zero-order valence-electron chi connectivity index (χ0n) is 10.2. The molecule has 2 aromatic carbocycles. The summed E-state index contributed by atoms with van der Waals surface area (Å²) >= 11 is 6.04. The molecule has 19 heavy (non-hydrogen) atoms. The Hall–Kier alpha value is -2.13. The second kappa shape index (κ2) is 4.21. The second-order valence-corrected chi connectivity index (χ2v) is 4.74. The van der Waals surface area contributed by atoms with E-state index in [0.29, 0.717) is 27.3 Å². The van der Waals surface area contributed by atoms with Gasteiger partial charge in [-0.25, -0.2) is 0 Å². The molecule has 1 aliphatic carbocycles. The number of nitrogens with one attached hydrogen (secondary N) is 1. The number of ketones is 2. The van der Waals surface area contributed by atoms with Gasteiger partial charge in [0, 0.05) is 29.4 Å². The molecule has 0 radical (unpaired) electrons. The van der Waals surface area contributed by atoms with Crippen LogP contribution in [-0.4, -0.2) is 18.6 Å². The van der Waals surface area contributed by atoms with Crippen molar-refractivity contribution < 1.29 is 9.59 Å². The molecule has 0 bridgehead atoms. The van der Waals surface area contributed by atoms with Gasteiger partial charge in [0.1, 0.15) is 0 Å². The van der Waals surface area contributed by atoms with Crippen molar-refractivity contribution in [1.29, 1.82) is 0 Å². The van der Waals surface area contributed by atoms with Crippen LogP contribution >= 0.6 is 11.6 Å². The third-order valence-corrected chi connectivity index (χ3v) is 3.60. The van der Waals surface area contributed by atoms with Crippen LogP contribution in [0.2, 0.25) is 5.02 Å². The van der Waals surface area contributed by atoms with E-state index < -0.39 is 0 Å². The highest BCUT2D eigenvalue weighted by Gasteiger charge is 2.31. The van der Waals surface area contributed by atoms with Crippen molar-refractivity contribution in [3.8, 4) is 0 Å². The normalized spacial score (nSPS) is 12.9. The van der Waals surface area contributed by atoms with Crippen LogP contribution in [0.15, 0.2) is 36.4 Å². The Morgan fingerprint density at radius 1 is 0.947 bits per heavy atom. The highest BCUT2D eigenvalue weighted by atomic mass is 35.5. The maximum absolute atomic E-state index is 12.4. The molecular formula is C15H10ClNO2. The smallest absolute Gasteiger partial charge is 0.196 e. The van der Waals surface area contributed by atoms with Crippen molar-refractivity contribution in [2.45, 2.75) is 0 Å². The van der Waals surface area contributed by atoms with Crippen LogP contribution in [-0.2, 0) is 0 Å². The first kappa shape index (κ1) is 11.9. The van der Waals surface area contributed by atoms with E-state index in [1.54, 1.807) is 43.4 Å². The molecule has 0 aromatic heterocycles. The number of fused-ring (bicyclic) bond motifs is 2. The number of hydrogen-bond acceptors (Lipinski definition) is 3. The topological polar surface area (TPSA) is 46.2 Å². The van der Waals surface area contributed by atoms with Crippen LogP contribution in [0.4, 0.5) is 5.69 Å². The van der Waals surface area contributed by atoms with Gasteiger partial charge in [0.25, 0.3) is 0 Å². The average molecular weight is 272 g/mol. The van der Waals surface area contributed by atoms with Crippen LogP contribution in [0.5, 0.6) is 0 Å². The quantitative estimate of drug-likeness (QED) is 0.739. The first-order chi connectivity index (χ1) is 9.13. The van der Waals surface area contributed by atoms with Crippen molar-refractivity contribution in [3.05, 3.63) is 63.7 Å². The molecule has 3 nitrogen and oxygen atoms in total. The van der Waals surface area contributed by atoms with Crippen LogP contribution in [0.3, 0.4) is 0 Å². The molecule has 0 fully saturated rings. The maximum Gasteiger partial charge on any atom is 0.196 e. The van der Waals surface area contributed by atoms with E-state index in [1.165, 1.54) is 0 Å². The van der Waals surface area contributed by atoms with E-state index in [-0.39, 0.29) is 11.6 Å². The van der Waals surface area contributed by atoms with E-state index in [1.807, 2.05) is 0 Å². The summed E-state index contributed by atoms with van der Waals surface area (Å²) in [6, 6.07) is 10.1. The molecule has 1 N–H and O–H groups in total. The van der Waals surface area contributed by atoms with Crippen molar-refractivity contribution in [1.82, 2.24) is 0 Å². The highest BCUT2D eigenvalue weighted by molar-refractivity contribution is 6.39. The van der Waals surface area contributed by atoms with Gasteiger partial charge in [0.15, 0.2) is 11.6 Å². The van der Waals surface area contributed by atoms with Crippen molar-refractivity contribution in [2.24, 2.45) is 0 Å². The molecule has 0 atom stereocenters. The molecule has 0 spiro atoms. The first-order valence-corrected chi connectivity index (χ1v) is 6.21. The Kier molecular flexibility index (Phi) is 2.64. The van der Waals surface area contributed by atoms with Gasteiger partial charge in [-0.1, -0.05) is 23.7 Å². The number of hydrogen-bond donors (Lipinski definition) is 1. The second-order valence-electron chi connectivity index (χ2n) is 4.33. The largest absolute Gasteiger partial charge is 0.388 e. The molecule has 0 aliphatic heterocycles. The molecule has 0 heterocycles. The van der Waals surface area contributed by atoms with Gasteiger partial charge in [-0.15, -0.1) is 0 Å². The Balaban J connectivity index is 2.29. The summed E-state index contributed by atoms with van der Waals surface area (Å²) in [5.74, 6) is -0.359. The highest BCUT2D eigenvalue weighted by Crippen LogP contribution is 2.32. The molecule has 0 saturated carbocycles. The van der Waals surface area contributed by atoms with E-state index >= 15 is 0 Å². The Morgan fingerprint density at radius 2 is 1.74 bits per heavy atom. The summed E-state index contributed by atoms with van der Waals surface area (Å²) in [6.45, 7) is 0. The number of anilines is 1. The van der Waals surface area contributed by atoms with Crippen molar-refractivity contribution in [2.75, 3.05) is 12.4 Å². The predicted molar refractivity (Wildman–Crippen MR) is 74.3 cm³/mol. The van der Waals surface area contributed by atoms with E-state index in [0.717, 1.165) is 5.69 Å². The van der Waals surface area contributed by atoms with Gasteiger partial charge in [0.05, 0.1) is 10.6 Å². The molecule has 0 unspecified atom stereocenters. The third kappa shape index (κ3) is 1.66. The van der Waals surface area contributed by atoms with Gasteiger partial charge in [-0.05, 0) is 24.3 Å². The van der Waals surface area contributed by atoms with Crippen LogP contribution in [0, 0.1) is 0 Å². The zero-order valence-corrected chi connectivity index (χ0v) is 10.9. The molecule has 0 saturated heterocycles. The minimum absolute atomic E-state index is 0.163. The maximum atomic E-state index is 12.4. The fourth-order valence-corrected chi connectivity index (χ4v) is 2.57. The number of carbonyl (C=O) groups excluding carboxylic acids is 2. The monoisotopic (exact) mass is 271 g/mol. The number of benzene rings is 2. The van der Waals surface area contributed by atoms with Gasteiger partial charge in [0.2, 0.25) is 0 Å². The lowest BCUT2D eigenvalue weighted by molar-refractivity contribution is 0.0979. The third-order valence-electron chi connectivity index (χ3n) is 3.28. The van der Waals surface area contributed by atoms with Crippen LogP contribution in [0.1, 0.15) is 31.8 Å². The Labute approximate surface area is 115 Å². The fraction of sp³-hybridized carbons (Fsp3) is 0.0667. The van der Waals surface area contributed by atoms with E-state index in [2.05, 4.69) is 5.32 Å². The lowest BCUT2D eigenvalue weighted by Crippen LogP contribution is -2.21. The molecule has 94 valence electrons. The number of halogens is 1. The van der Waals surface area contributed by atoms with E-state index in [4.69, 9.17) is 11.6 Å². The van der Waals surface area contributed by atoms with Gasteiger partial charge in [-0.2, -0.15) is 0 Å². The van der Waals surface area contributed by atoms with Gasteiger partial charge >= 0.3 is 0 Å². The number of carbonyl (C=O) groups is 2. The lowest BCUT2D eigenvalue weighted by atomic mass is 9.84. The van der Waals surface area contributed by atoms with Crippen molar-refractivity contribution in [3.63, 3.8) is 0 Å². The SMILES string of the molecule is CNc1ccc2c(c1)C(=O)c1cccc(Cl)c1C2=O. The molecule has 2 aromatic rings. The summed E-state index contributed by atoms with van der Waals surface area (Å²) < 4.78 is 0. The van der Waals surface area contributed by atoms with Gasteiger partial charge < -0.3 is 5.32 Å². The summed E-state index contributed by atoms with van der Waals surface area (Å²) in [5, 5.41) is 3.28. The average Bonchev–Trinajstić information content (AvgIpc) is 2.44. The van der Waals surface area contributed by atoms with Gasteiger partial charge in [-0.3, -0.25) is 9.59 Å². The molecule has 4 heteroatoms. The molecular weight excluding hydrogens is 262 g/mol. The van der Waals surface area contributed by atoms with Crippen LogP contribution in [0.25, 0.3) is 0 Å². The number of rotatable bonds is 1. The lowest BCUT2D eigenvalue weighted by Gasteiger charge is -2.18. The molecule has 3 rings (SSSR count). The summed E-state index contributed by atoms with van der Waals surface area (Å²) in [7, 11) is 1.77. The van der Waals surface area contributed by atoms with E-state index in [9.17, 15) is 9.59 Å². The summed E-state index contributed by atoms with van der Waals surface area (Å²) in [5.41, 5.74) is 2.30. The zero-order chi connectivity index (χ0) is 13.6. The fourth-order valence-electron chi connectivity index (χ4n) is 2.31. The Morgan fingerprint density at radius 3 is 2.47 bits per heavy atom.